The third-order valence-electron chi connectivity index (χ3n) is 4.50. The molecule has 1 atom stereocenters. The van der Waals surface area contributed by atoms with Crippen LogP contribution < -0.4 is 10.1 Å². The first-order valence-electron chi connectivity index (χ1n) is 8.33. The van der Waals surface area contributed by atoms with Crippen molar-refractivity contribution in [2.24, 2.45) is 5.41 Å². The van der Waals surface area contributed by atoms with Crippen LogP contribution in [0.4, 0.5) is 30.7 Å². The quantitative estimate of drug-likeness (QED) is 0.556. The average Bonchev–Trinajstić information content (AvgIpc) is 3.37. The molecule has 4 nitrogen and oxygen atoms in total. The van der Waals surface area contributed by atoms with E-state index in [1.165, 1.54) is 18.2 Å². The van der Waals surface area contributed by atoms with Gasteiger partial charge in [-0.15, -0.1) is 0 Å². The van der Waals surface area contributed by atoms with Gasteiger partial charge in [0.25, 0.3) is 0 Å². The van der Waals surface area contributed by atoms with Crippen LogP contribution in [-0.4, -0.2) is 31.9 Å². The molecule has 0 bridgehead atoms. The maximum atomic E-state index is 12.9. The molecule has 0 aliphatic heterocycles. The summed E-state index contributed by atoms with van der Waals surface area (Å²) in [6.07, 6.45) is -5.41. The van der Waals surface area contributed by atoms with Gasteiger partial charge in [-0.3, -0.25) is 4.79 Å². The number of nitrogens with one attached hydrogen (secondary N) is 1. The largest absolute Gasteiger partial charge is 0.435 e. The number of ether oxygens (including phenoxy) is 2. The fourth-order valence-corrected chi connectivity index (χ4v) is 2.74. The minimum atomic E-state index is -4.41. The molecule has 1 saturated carbocycles. The molecule has 1 aromatic rings. The highest BCUT2D eigenvalue weighted by atomic mass is 19.4. The number of carbonyl (C=O) groups excluding carboxylic acids is 1. The predicted molar refractivity (Wildman–Crippen MR) is 82.9 cm³/mol. The van der Waals surface area contributed by atoms with Gasteiger partial charge in [0, 0.05) is 6.42 Å². The van der Waals surface area contributed by atoms with Crippen LogP contribution in [0.5, 0.6) is 5.75 Å². The third kappa shape index (κ3) is 6.25. The number of hydrogen-bond donors (Lipinski definition) is 1. The summed E-state index contributed by atoms with van der Waals surface area (Å²) in [5, 5.41) is 2.31. The van der Waals surface area contributed by atoms with E-state index in [0.29, 0.717) is 0 Å². The number of amides is 1. The zero-order chi connectivity index (χ0) is 20.9. The molecule has 0 saturated heterocycles. The van der Waals surface area contributed by atoms with Gasteiger partial charge in [0.1, 0.15) is 5.75 Å². The van der Waals surface area contributed by atoms with Crippen molar-refractivity contribution in [2.45, 2.75) is 51.1 Å². The number of rotatable bonds is 10. The Morgan fingerprint density at radius 3 is 2.36 bits per heavy atom. The van der Waals surface area contributed by atoms with Crippen molar-refractivity contribution in [1.82, 2.24) is 5.32 Å². The summed E-state index contributed by atoms with van der Waals surface area (Å²) < 4.78 is 96.5. The molecule has 28 heavy (non-hydrogen) atoms. The maximum absolute atomic E-state index is 12.9. The van der Waals surface area contributed by atoms with Gasteiger partial charge in [0.15, 0.2) is 0 Å². The maximum Gasteiger partial charge on any atom is 0.394 e. The number of hydrogen-bond acceptors (Lipinski definition) is 3. The second-order valence-electron chi connectivity index (χ2n) is 6.44. The molecule has 1 aliphatic carbocycles. The Labute approximate surface area is 156 Å². The zero-order valence-electron chi connectivity index (χ0n) is 14.4. The van der Waals surface area contributed by atoms with Crippen LogP contribution in [0.3, 0.4) is 0 Å². The van der Waals surface area contributed by atoms with Gasteiger partial charge >= 0.3 is 19.4 Å². The SMILES string of the molecule is O=C(CCC1(C(F)(F)F)CC1)NC(COC(F)F)c1cccc(OC(F)F)c1. The number of halogens is 7. The molecule has 2 rings (SSSR count). The van der Waals surface area contributed by atoms with E-state index in [-0.39, 0.29) is 24.2 Å². The lowest BCUT2D eigenvalue weighted by atomic mass is 9.99. The van der Waals surface area contributed by atoms with E-state index in [4.69, 9.17) is 0 Å². The molecule has 0 heterocycles. The molecule has 11 heteroatoms. The fraction of sp³-hybridized carbons (Fsp3) is 0.588. The Morgan fingerprint density at radius 2 is 1.82 bits per heavy atom. The number of alkyl halides is 7. The molecular formula is C17H18F7NO3. The molecule has 1 fully saturated rings. The Bertz CT molecular complexity index is 662. The van der Waals surface area contributed by atoms with Crippen molar-refractivity contribution >= 4 is 5.91 Å². The highest BCUT2D eigenvalue weighted by Crippen LogP contribution is 2.60. The molecule has 1 unspecified atom stereocenters. The zero-order valence-corrected chi connectivity index (χ0v) is 14.4. The first-order valence-corrected chi connectivity index (χ1v) is 8.33. The summed E-state index contributed by atoms with van der Waals surface area (Å²) in [6.45, 7) is -6.97. The molecule has 1 amide bonds. The molecule has 1 N–H and O–H groups in total. The lowest BCUT2D eigenvalue weighted by Crippen LogP contribution is -2.33. The highest BCUT2D eigenvalue weighted by Gasteiger charge is 2.62. The first kappa shape index (κ1) is 22.3. The summed E-state index contributed by atoms with van der Waals surface area (Å²) in [5.41, 5.74) is -1.74. The van der Waals surface area contributed by atoms with Gasteiger partial charge in [-0.2, -0.15) is 30.7 Å². The molecule has 1 aliphatic rings. The predicted octanol–water partition coefficient (Wildman–Crippen LogP) is 4.81. The van der Waals surface area contributed by atoms with Gasteiger partial charge in [-0.25, -0.2) is 0 Å². The summed E-state index contributed by atoms with van der Waals surface area (Å²) in [6, 6.07) is 3.78. The molecule has 158 valence electrons. The van der Waals surface area contributed by atoms with Crippen LogP contribution in [0.25, 0.3) is 0 Å². The number of carbonyl (C=O) groups is 1. The molecular weight excluding hydrogens is 399 g/mol. The smallest absolute Gasteiger partial charge is 0.394 e. The van der Waals surface area contributed by atoms with Crippen molar-refractivity contribution in [3.63, 3.8) is 0 Å². The van der Waals surface area contributed by atoms with E-state index >= 15 is 0 Å². The Morgan fingerprint density at radius 1 is 1.14 bits per heavy atom. The van der Waals surface area contributed by atoms with Crippen LogP contribution in [0, 0.1) is 5.41 Å². The number of benzene rings is 1. The average molecular weight is 417 g/mol. The van der Waals surface area contributed by atoms with Gasteiger partial charge in [-0.1, -0.05) is 12.1 Å². The Balaban J connectivity index is 2.03. The van der Waals surface area contributed by atoms with Crippen LogP contribution >= 0.6 is 0 Å². The third-order valence-corrected chi connectivity index (χ3v) is 4.50. The van der Waals surface area contributed by atoms with Crippen LogP contribution in [-0.2, 0) is 9.53 Å². The van der Waals surface area contributed by atoms with Crippen molar-refractivity contribution in [3.05, 3.63) is 29.8 Å². The fourth-order valence-electron chi connectivity index (χ4n) is 2.74. The molecule has 0 aromatic heterocycles. The molecule has 0 radical (unpaired) electrons. The van der Waals surface area contributed by atoms with Crippen molar-refractivity contribution in [1.29, 1.82) is 0 Å². The summed E-state index contributed by atoms with van der Waals surface area (Å²) in [4.78, 5) is 12.1. The van der Waals surface area contributed by atoms with E-state index in [1.807, 2.05) is 0 Å². The minimum absolute atomic E-state index is 0.0608. The summed E-state index contributed by atoms with van der Waals surface area (Å²) in [7, 11) is 0. The van der Waals surface area contributed by atoms with Crippen molar-refractivity contribution in [3.8, 4) is 5.75 Å². The van der Waals surface area contributed by atoms with E-state index in [0.717, 1.165) is 6.07 Å². The van der Waals surface area contributed by atoms with E-state index in [1.54, 1.807) is 0 Å². The second-order valence-corrected chi connectivity index (χ2v) is 6.44. The van der Waals surface area contributed by atoms with Crippen molar-refractivity contribution < 1.29 is 45.0 Å². The lowest BCUT2D eigenvalue weighted by molar-refractivity contribution is -0.189. The van der Waals surface area contributed by atoms with Crippen LogP contribution in [0.1, 0.15) is 37.3 Å². The van der Waals surface area contributed by atoms with Gasteiger partial charge in [0.05, 0.1) is 18.1 Å². The van der Waals surface area contributed by atoms with Crippen LogP contribution in [0.2, 0.25) is 0 Å². The Kier molecular flexibility index (Phi) is 7.13. The first-order chi connectivity index (χ1) is 13.0. The topological polar surface area (TPSA) is 47.6 Å². The normalized spacial score (nSPS) is 16.9. The van der Waals surface area contributed by atoms with Crippen LogP contribution in [0.15, 0.2) is 24.3 Å². The molecule has 0 spiro atoms. The highest BCUT2D eigenvalue weighted by molar-refractivity contribution is 5.76. The summed E-state index contributed by atoms with van der Waals surface area (Å²) >= 11 is 0. The van der Waals surface area contributed by atoms with E-state index < -0.39 is 56.2 Å². The summed E-state index contributed by atoms with van der Waals surface area (Å²) in [5.74, 6) is -1.06. The monoisotopic (exact) mass is 417 g/mol. The minimum Gasteiger partial charge on any atom is -0.435 e. The lowest BCUT2D eigenvalue weighted by Gasteiger charge is -2.22. The van der Waals surface area contributed by atoms with Crippen molar-refractivity contribution in [2.75, 3.05) is 6.61 Å². The van der Waals surface area contributed by atoms with E-state index in [2.05, 4.69) is 14.8 Å². The van der Waals surface area contributed by atoms with Gasteiger partial charge in [-0.05, 0) is 37.0 Å². The standard InChI is InChI=1S/C17H18F7NO3/c18-14(19)27-9-12(10-2-1-3-11(8-10)28-15(20)21)25-13(26)4-5-16(6-7-16)17(22,23)24/h1-3,8,12,14-15H,4-7,9H2,(H,25,26). The Hall–Kier alpha value is -2.04. The van der Waals surface area contributed by atoms with E-state index in [9.17, 15) is 35.5 Å². The van der Waals surface area contributed by atoms with Gasteiger partial charge in [0.2, 0.25) is 5.91 Å². The van der Waals surface area contributed by atoms with Gasteiger partial charge < -0.3 is 14.8 Å². The second kappa shape index (κ2) is 8.97. The molecule has 1 aromatic carbocycles.